The Hall–Kier alpha value is -4.50. The van der Waals surface area contributed by atoms with E-state index in [4.69, 9.17) is 15.1 Å². The largest absolute Gasteiger partial charge is 0.493 e. The van der Waals surface area contributed by atoms with Crippen molar-refractivity contribution in [3.63, 3.8) is 0 Å². The van der Waals surface area contributed by atoms with E-state index in [0.717, 1.165) is 58.6 Å². The normalized spacial score (nSPS) is 12.0. The number of ether oxygens (including phenoxy) is 1. The zero-order valence-electron chi connectivity index (χ0n) is 24.1. The zero-order valence-corrected chi connectivity index (χ0v) is 24.1. The molecule has 0 atom stereocenters. The van der Waals surface area contributed by atoms with Crippen LogP contribution in [0, 0.1) is 5.41 Å². The van der Waals surface area contributed by atoms with Gasteiger partial charge >= 0.3 is 0 Å². The first-order valence-corrected chi connectivity index (χ1v) is 14.4. The van der Waals surface area contributed by atoms with Crippen molar-refractivity contribution in [2.24, 2.45) is 0 Å². The molecule has 42 heavy (non-hydrogen) atoms. The highest BCUT2D eigenvalue weighted by Gasteiger charge is 2.20. The molecule has 3 aromatic carbocycles. The summed E-state index contributed by atoms with van der Waals surface area (Å²) in [5.74, 6) is 1.17. The van der Waals surface area contributed by atoms with Crippen molar-refractivity contribution in [2.75, 3.05) is 13.2 Å². The van der Waals surface area contributed by atoms with Crippen molar-refractivity contribution in [2.45, 2.75) is 45.4 Å². The average molecular weight is 562 g/mol. The summed E-state index contributed by atoms with van der Waals surface area (Å²) in [7, 11) is 1.39. The fourth-order valence-corrected chi connectivity index (χ4v) is 5.43. The minimum absolute atomic E-state index is 0.0513. The Balaban J connectivity index is 1.53. The van der Waals surface area contributed by atoms with Gasteiger partial charge in [0, 0.05) is 30.4 Å². The van der Waals surface area contributed by atoms with Gasteiger partial charge in [-0.25, -0.2) is 4.98 Å². The number of hydrogen-bond acceptors (Lipinski definition) is 6. The molecule has 0 spiro atoms. The molecule has 0 bridgehead atoms. The zero-order chi connectivity index (χ0) is 29.6. The summed E-state index contributed by atoms with van der Waals surface area (Å²) < 4.78 is 7.32. The van der Waals surface area contributed by atoms with E-state index >= 15 is 0 Å². The third kappa shape index (κ3) is 6.21. The van der Waals surface area contributed by atoms with E-state index in [0.29, 0.717) is 36.4 Å². The van der Waals surface area contributed by atoms with Crippen LogP contribution in [0.3, 0.4) is 0 Å². The van der Waals surface area contributed by atoms with Crippen LogP contribution in [0.1, 0.15) is 53.5 Å². The average Bonchev–Trinajstić information content (AvgIpc) is 3.46. The Morgan fingerprint density at radius 1 is 1.12 bits per heavy atom. The molecule has 1 aromatic heterocycles. The Labute approximate surface area is 246 Å². The number of unbranched alkanes of at least 4 members (excludes halogenated alkanes) is 1. The summed E-state index contributed by atoms with van der Waals surface area (Å²) in [6.07, 6.45) is 4.07. The van der Waals surface area contributed by atoms with E-state index in [1.807, 2.05) is 66.7 Å². The van der Waals surface area contributed by atoms with Crippen LogP contribution in [0.5, 0.6) is 5.75 Å². The first-order valence-electron chi connectivity index (χ1n) is 14.4. The number of aliphatic hydroxyl groups excluding tert-OH is 1. The molecule has 4 aromatic rings. The molecule has 1 aliphatic rings. The Morgan fingerprint density at radius 3 is 2.64 bits per heavy atom. The van der Waals surface area contributed by atoms with E-state index in [1.165, 1.54) is 7.85 Å². The topological polar surface area (TPSA) is 117 Å². The number of carbonyl (C=O) groups is 1. The number of benzene rings is 3. The number of hydrogen-bond donors (Lipinski definition) is 3. The van der Waals surface area contributed by atoms with E-state index in [9.17, 15) is 14.7 Å². The molecule has 0 unspecified atom stereocenters. The van der Waals surface area contributed by atoms with E-state index in [-0.39, 0.29) is 30.2 Å². The van der Waals surface area contributed by atoms with Crippen molar-refractivity contribution in [3.05, 3.63) is 111 Å². The Morgan fingerprint density at radius 2 is 1.90 bits per heavy atom. The number of fused-ring (bicyclic) bond motifs is 1. The molecular weight excluding hydrogens is 527 g/mol. The molecule has 5 rings (SSSR count). The number of rotatable bonds is 10. The number of aryl methyl sites for hydroxylation is 1. The summed E-state index contributed by atoms with van der Waals surface area (Å²) in [6.45, 7) is 2.64. The van der Waals surface area contributed by atoms with Crippen LogP contribution in [-0.4, -0.2) is 47.4 Å². The summed E-state index contributed by atoms with van der Waals surface area (Å²) in [6, 6.07) is 21.2. The monoisotopic (exact) mass is 562 g/mol. The van der Waals surface area contributed by atoms with Crippen LogP contribution in [0.4, 0.5) is 4.79 Å². The molecular formula is C33H35BN4O4. The van der Waals surface area contributed by atoms with Crippen molar-refractivity contribution < 1.29 is 14.6 Å². The lowest BCUT2D eigenvalue weighted by Crippen LogP contribution is -2.30. The Kier molecular flexibility index (Phi) is 8.98. The molecule has 0 aliphatic carbocycles. The molecule has 8 nitrogen and oxygen atoms in total. The Bertz CT molecular complexity index is 1680. The lowest BCUT2D eigenvalue weighted by atomic mass is 9.95. The lowest BCUT2D eigenvalue weighted by Gasteiger charge is -2.18. The van der Waals surface area contributed by atoms with Gasteiger partial charge in [-0.2, -0.15) is 0 Å². The van der Waals surface area contributed by atoms with Crippen LogP contribution in [-0.2, 0) is 25.7 Å². The van der Waals surface area contributed by atoms with Gasteiger partial charge in [0.25, 0.3) is 5.56 Å². The third-order valence-corrected chi connectivity index (χ3v) is 7.51. The number of aromatic nitrogens is 2. The van der Waals surface area contributed by atoms with Gasteiger partial charge in [0.15, 0.2) is 5.81 Å². The fraction of sp³-hybridized carbons (Fsp3) is 0.273. The van der Waals surface area contributed by atoms with E-state index in [2.05, 4.69) is 12.2 Å². The molecule has 0 saturated carbocycles. The highest BCUT2D eigenvalue weighted by molar-refractivity contribution is 6.58. The molecule has 0 radical (unpaired) electrons. The number of carbonyl (C=O) groups excluding carboxylic acids is 1. The number of nitrogens with one attached hydrogen (secondary N) is 2. The molecule has 0 fully saturated rings. The summed E-state index contributed by atoms with van der Waals surface area (Å²) in [5.41, 5.74) is 6.46. The summed E-state index contributed by atoms with van der Waals surface area (Å²) in [5, 5.41) is 20.7. The second-order valence-electron chi connectivity index (χ2n) is 10.5. The predicted octanol–water partition coefficient (Wildman–Crippen LogP) is 3.97. The van der Waals surface area contributed by atoms with Gasteiger partial charge in [-0.15, -0.1) is 0 Å². The van der Waals surface area contributed by atoms with Gasteiger partial charge in [0.1, 0.15) is 17.4 Å². The fourth-order valence-electron chi connectivity index (χ4n) is 5.43. The molecule has 2 heterocycles. The van der Waals surface area contributed by atoms with E-state index < -0.39 is 0 Å². The van der Waals surface area contributed by atoms with Gasteiger partial charge in [0.2, 0.25) is 7.85 Å². The molecule has 9 heteroatoms. The van der Waals surface area contributed by atoms with Gasteiger partial charge in [-0.3, -0.25) is 19.6 Å². The molecule has 3 N–H and O–H groups in total. The minimum atomic E-state index is -0.290. The lowest BCUT2D eigenvalue weighted by molar-refractivity contribution is 0.263. The number of nitrogens with zero attached hydrogens (tertiary/aromatic N) is 2. The van der Waals surface area contributed by atoms with Crippen LogP contribution < -0.4 is 15.6 Å². The molecule has 214 valence electrons. The maximum absolute atomic E-state index is 14.2. The van der Waals surface area contributed by atoms with E-state index in [1.54, 1.807) is 4.57 Å². The summed E-state index contributed by atoms with van der Waals surface area (Å²) in [4.78, 5) is 30.7. The second kappa shape index (κ2) is 13.0. The van der Waals surface area contributed by atoms with Crippen molar-refractivity contribution in [1.29, 1.82) is 5.41 Å². The SMILES string of the molecule is BC(=O)NC(=N)c1ccccc1-c1ccc(Cc2c(CCCC)nc(CCO)n(-c3ccc4c(c3)CCO4)c2=O)cc1. The van der Waals surface area contributed by atoms with Crippen molar-refractivity contribution in [3.8, 4) is 22.6 Å². The first-order chi connectivity index (χ1) is 20.4. The first kappa shape index (κ1) is 29.0. The van der Waals surface area contributed by atoms with Gasteiger partial charge in [-0.05, 0) is 53.3 Å². The number of aliphatic hydroxyl groups is 1. The van der Waals surface area contributed by atoms with Crippen molar-refractivity contribution >= 4 is 19.5 Å². The number of amidine groups is 1. The highest BCUT2D eigenvalue weighted by Crippen LogP contribution is 2.28. The van der Waals surface area contributed by atoms with Crippen LogP contribution >= 0.6 is 0 Å². The quantitative estimate of drug-likeness (QED) is 0.154. The van der Waals surface area contributed by atoms with Gasteiger partial charge < -0.3 is 15.2 Å². The third-order valence-electron chi connectivity index (χ3n) is 7.51. The molecule has 1 amide bonds. The van der Waals surface area contributed by atoms with Gasteiger partial charge in [-0.1, -0.05) is 61.9 Å². The van der Waals surface area contributed by atoms with Crippen LogP contribution in [0.2, 0.25) is 0 Å². The smallest absolute Gasteiger partial charge is 0.261 e. The molecule has 1 aliphatic heterocycles. The minimum Gasteiger partial charge on any atom is -0.493 e. The van der Waals surface area contributed by atoms with Crippen molar-refractivity contribution in [1.82, 2.24) is 14.9 Å². The van der Waals surface area contributed by atoms with Gasteiger partial charge in [0.05, 0.1) is 24.6 Å². The number of amides is 1. The molecule has 0 saturated heterocycles. The predicted molar refractivity (Wildman–Crippen MR) is 167 cm³/mol. The maximum atomic E-state index is 14.2. The van der Waals surface area contributed by atoms with Crippen LogP contribution in [0.25, 0.3) is 16.8 Å². The van der Waals surface area contributed by atoms with Crippen LogP contribution in [0.15, 0.2) is 71.5 Å². The summed E-state index contributed by atoms with van der Waals surface area (Å²) >= 11 is 0. The second-order valence-corrected chi connectivity index (χ2v) is 10.5. The highest BCUT2D eigenvalue weighted by atomic mass is 16.5. The standard InChI is InChI=1S/C33H35BN4O4/c1-2-3-8-28-27(32(40)38(30(36-28)15-17-39)24-13-14-29-23(20-24)16-18-42-29)19-21-9-11-22(12-10-21)25-6-4-5-7-26(25)31(35)37-33(34)41/h4-7,9-14,20,39H,2-3,8,15-19,34H2,1H3,(H2,35,37,41). The maximum Gasteiger partial charge on any atom is 0.261 e.